The van der Waals surface area contributed by atoms with Gasteiger partial charge in [0, 0.05) is 49.5 Å². The van der Waals surface area contributed by atoms with Crippen LogP contribution in [0.2, 0.25) is 0 Å². The average molecular weight is 927 g/mol. The maximum atomic E-state index is 14.1. The van der Waals surface area contributed by atoms with Crippen molar-refractivity contribution in [3.05, 3.63) is 230 Å². The molecule has 0 unspecified atom stereocenters. The van der Waals surface area contributed by atoms with Crippen LogP contribution in [0.15, 0.2) is 218 Å². The number of aromatic nitrogens is 4. The van der Waals surface area contributed by atoms with Crippen LogP contribution in [0.4, 0.5) is 26.3 Å². The molecule has 70 heavy (non-hydrogen) atoms. The van der Waals surface area contributed by atoms with Crippen LogP contribution in [0.25, 0.3) is 111 Å². The SMILES string of the molecule is FC(F)(F)c1cc(-c2ccc3c(c2)c2ccccc2n3-c2ccc(-c3nc(-c4ccccc4)cc(-c4ccccc4)n3)cc2-c2cccc(-n3c4ccccc4c4ccccc43)c2)cc(C(F)(F)F)c1. The molecule has 0 aliphatic carbocycles. The minimum atomic E-state index is -4.99. The molecule has 0 bridgehead atoms. The molecule has 338 valence electrons. The van der Waals surface area contributed by atoms with Gasteiger partial charge in [0.15, 0.2) is 5.82 Å². The second-order valence-corrected chi connectivity index (χ2v) is 17.2. The molecule has 0 aliphatic rings. The summed E-state index contributed by atoms with van der Waals surface area (Å²) in [6, 6.07) is 67.4. The number of benzene rings is 9. The van der Waals surface area contributed by atoms with Crippen LogP contribution in [0, 0.1) is 0 Å². The van der Waals surface area contributed by atoms with E-state index in [9.17, 15) is 26.3 Å². The number of hydrogen-bond donors (Lipinski definition) is 0. The number of rotatable bonds is 7. The van der Waals surface area contributed by atoms with Gasteiger partial charge in [-0.2, -0.15) is 26.3 Å². The summed E-state index contributed by atoms with van der Waals surface area (Å²) in [5, 5.41) is 3.67. The average Bonchev–Trinajstić information content (AvgIpc) is 3.91. The van der Waals surface area contributed by atoms with Crippen molar-refractivity contribution >= 4 is 43.6 Å². The molecule has 0 fully saturated rings. The van der Waals surface area contributed by atoms with E-state index >= 15 is 0 Å². The smallest absolute Gasteiger partial charge is 0.309 e. The molecule has 0 radical (unpaired) electrons. The molecule has 12 rings (SSSR count). The van der Waals surface area contributed by atoms with Crippen LogP contribution < -0.4 is 0 Å². The maximum absolute atomic E-state index is 14.1. The van der Waals surface area contributed by atoms with Gasteiger partial charge >= 0.3 is 12.4 Å². The predicted octanol–water partition coefficient (Wildman–Crippen LogP) is 17.0. The Labute approximate surface area is 397 Å². The summed E-state index contributed by atoms with van der Waals surface area (Å²) >= 11 is 0. The summed E-state index contributed by atoms with van der Waals surface area (Å²) in [4.78, 5) is 10.3. The molecule has 0 saturated carbocycles. The van der Waals surface area contributed by atoms with Crippen LogP contribution in [-0.2, 0) is 12.4 Å². The van der Waals surface area contributed by atoms with Crippen LogP contribution in [-0.4, -0.2) is 19.1 Å². The lowest BCUT2D eigenvalue weighted by Gasteiger charge is -2.18. The van der Waals surface area contributed by atoms with E-state index in [2.05, 4.69) is 57.7 Å². The molecule has 0 amide bonds. The highest BCUT2D eigenvalue weighted by atomic mass is 19.4. The molecule has 3 heterocycles. The number of fused-ring (bicyclic) bond motifs is 6. The first kappa shape index (κ1) is 42.6. The Balaban J connectivity index is 1.10. The van der Waals surface area contributed by atoms with E-state index < -0.39 is 23.5 Å². The Bertz CT molecular complexity index is 3840. The highest BCUT2D eigenvalue weighted by Gasteiger charge is 2.37. The molecule has 9 aromatic carbocycles. The third-order valence-corrected chi connectivity index (χ3v) is 12.9. The van der Waals surface area contributed by atoms with Crippen molar-refractivity contribution in [2.24, 2.45) is 0 Å². The van der Waals surface area contributed by atoms with Gasteiger partial charge in [-0.25, -0.2) is 9.97 Å². The first-order valence-electron chi connectivity index (χ1n) is 22.5. The summed E-state index contributed by atoms with van der Waals surface area (Å²) < 4.78 is 88.8. The molecule has 0 saturated heterocycles. The van der Waals surface area contributed by atoms with Crippen molar-refractivity contribution in [3.63, 3.8) is 0 Å². The first-order valence-corrected chi connectivity index (χ1v) is 22.5. The summed E-state index contributed by atoms with van der Waals surface area (Å²) in [7, 11) is 0. The van der Waals surface area contributed by atoms with Gasteiger partial charge in [0.05, 0.1) is 50.3 Å². The van der Waals surface area contributed by atoms with Crippen molar-refractivity contribution < 1.29 is 26.3 Å². The van der Waals surface area contributed by atoms with E-state index in [1.54, 1.807) is 18.2 Å². The van der Waals surface area contributed by atoms with E-state index in [4.69, 9.17) is 9.97 Å². The molecule has 0 spiro atoms. The van der Waals surface area contributed by atoms with Gasteiger partial charge in [0.2, 0.25) is 0 Å². The third-order valence-electron chi connectivity index (χ3n) is 12.9. The second-order valence-electron chi connectivity index (χ2n) is 17.2. The quantitative estimate of drug-likeness (QED) is 0.149. The van der Waals surface area contributed by atoms with Crippen molar-refractivity contribution in [3.8, 4) is 67.5 Å². The second kappa shape index (κ2) is 16.5. The Morgan fingerprint density at radius 2 is 0.800 bits per heavy atom. The van der Waals surface area contributed by atoms with E-state index in [0.29, 0.717) is 16.7 Å². The molecule has 3 aromatic heterocycles. The van der Waals surface area contributed by atoms with E-state index in [1.165, 1.54) is 0 Å². The molecular weight excluding hydrogens is 891 g/mol. The zero-order valence-electron chi connectivity index (χ0n) is 36.8. The van der Waals surface area contributed by atoms with Crippen LogP contribution in [0.5, 0.6) is 0 Å². The van der Waals surface area contributed by atoms with Crippen molar-refractivity contribution in [1.82, 2.24) is 19.1 Å². The predicted molar refractivity (Wildman–Crippen MR) is 268 cm³/mol. The van der Waals surface area contributed by atoms with Gasteiger partial charge < -0.3 is 9.13 Å². The molecule has 0 aliphatic heterocycles. The van der Waals surface area contributed by atoms with Crippen molar-refractivity contribution in [1.29, 1.82) is 0 Å². The zero-order valence-corrected chi connectivity index (χ0v) is 36.8. The van der Waals surface area contributed by atoms with E-state index in [-0.39, 0.29) is 17.2 Å². The number of nitrogens with zero attached hydrogens (tertiary/aromatic N) is 4. The Kier molecular flexibility index (Phi) is 10.0. The summed E-state index contributed by atoms with van der Waals surface area (Å²) in [5.41, 5.74) is 8.42. The van der Waals surface area contributed by atoms with Crippen LogP contribution in [0.3, 0.4) is 0 Å². The molecule has 0 atom stereocenters. The molecule has 4 nitrogen and oxygen atoms in total. The van der Waals surface area contributed by atoms with Gasteiger partial charge in [0.25, 0.3) is 0 Å². The lowest BCUT2D eigenvalue weighted by molar-refractivity contribution is -0.143. The van der Waals surface area contributed by atoms with Crippen molar-refractivity contribution in [2.45, 2.75) is 12.4 Å². The lowest BCUT2D eigenvalue weighted by Crippen LogP contribution is -2.11. The fourth-order valence-corrected chi connectivity index (χ4v) is 9.74. The Morgan fingerprint density at radius 3 is 1.37 bits per heavy atom. The number of alkyl halides is 6. The van der Waals surface area contributed by atoms with Gasteiger partial charge in [0.1, 0.15) is 0 Å². The Hall–Kier alpha value is -8.76. The summed E-state index contributed by atoms with van der Waals surface area (Å²) in [5.74, 6) is 0.512. The number of hydrogen-bond acceptors (Lipinski definition) is 2. The zero-order chi connectivity index (χ0) is 47.7. The standard InChI is InChI=1S/C60H36F6N4/c61-59(62,63)43-30-42(31-44(35-43)60(64,65)66)39-26-28-57-50(33-39)48-22-9-12-25-55(48)70(57)56-29-27-41(58-67-51(37-14-3-1-4-15-37)36-52(68-58)38-16-5-2-6-17-38)34-49(56)40-18-13-19-45(32-40)69-53-23-10-7-20-46(53)47-21-8-11-24-54(47)69/h1-36H. The van der Waals surface area contributed by atoms with Gasteiger partial charge in [-0.3, -0.25) is 0 Å². The van der Waals surface area contributed by atoms with Gasteiger partial charge in [-0.1, -0.05) is 133 Å². The molecular formula is C60H36F6N4. The Morgan fingerprint density at radius 1 is 0.314 bits per heavy atom. The van der Waals surface area contributed by atoms with Gasteiger partial charge in [-0.05, 0) is 102 Å². The summed E-state index contributed by atoms with van der Waals surface area (Å²) in [6.07, 6.45) is -9.98. The maximum Gasteiger partial charge on any atom is 0.416 e. The topological polar surface area (TPSA) is 35.6 Å². The number of halogens is 6. The number of para-hydroxylation sites is 3. The van der Waals surface area contributed by atoms with Crippen molar-refractivity contribution in [2.75, 3.05) is 0 Å². The molecule has 0 N–H and O–H groups in total. The molecule has 10 heteroatoms. The molecule has 12 aromatic rings. The van der Waals surface area contributed by atoms with E-state index in [0.717, 1.165) is 95.4 Å². The fraction of sp³-hybridized carbons (Fsp3) is 0.0333. The lowest BCUT2D eigenvalue weighted by atomic mass is 9.97. The summed E-state index contributed by atoms with van der Waals surface area (Å²) in [6.45, 7) is 0. The third kappa shape index (κ3) is 7.45. The fourth-order valence-electron chi connectivity index (χ4n) is 9.74. The highest BCUT2D eigenvalue weighted by Crippen LogP contribution is 2.43. The van der Waals surface area contributed by atoms with Crippen LogP contribution >= 0.6 is 0 Å². The van der Waals surface area contributed by atoms with Gasteiger partial charge in [-0.15, -0.1) is 0 Å². The normalized spacial score (nSPS) is 12.1. The monoisotopic (exact) mass is 926 g/mol. The van der Waals surface area contributed by atoms with Crippen LogP contribution in [0.1, 0.15) is 11.1 Å². The minimum absolute atomic E-state index is 0.154. The highest BCUT2D eigenvalue weighted by molar-refractivity contribution is 6.12. The van der Waals surface area contributed by atoms with E-state index in [1.807, 2.05) is 133 Å². The first-order chi connectivity index (χ1) is 34.0. The largest absolute Gasteiger partial charge is 0.416 e. The minimum Gasteiger partial charge on any atom is -0.309 e.